The SMILES string of the molecule is C[C@H](c1ccc(Cl)cc1Cl)n1nc(C(F)(F)F)c2ncc(N3CC([C@H]4CCCN(C[C@@H](C)O)C4)C3)nc21. The molecular formula is C25H29Cl2F3N6O. The highest BCUT2D eigenvalue weighted by atomic mass is 35.5. The lowest BCUT2D eigenvalue weighted by Crippen LogP contribution is -2.54. The topological polar surface area (TPSA) is 70.3 Å². The van der Waals surface area contributed by atoms with Gasteiger partial charge in [0.2, 0.25) is 0 Å². The van der Waals surface area contributed by atoms with Crippen LogP contribution in [-0.4, -0.2) is 68.6 Å². The first-order valence-electron chi connectivity index (χ1n) is 12.4. The molecule has 12 heteroatoms. The Morgan fingerprint density at radius 1 is 1.14 bits per heavy atom. The first-order chi connectivity index (χ1) is 17.5. The lowest BCUT2D eigenvalue weighted by Gasteiger charge is -2.47. The lowest BCUT2D eigenvalue weighted by atomic mass is 9.80. The zero-order valence-electron chi connectivity index (χ0n) is 20.6. The van der Waals surface area contributed by atoms with Crippen molar-refractivity contribution in [1.29, 1.82) is 0 Å². The van der Waals surface area contributed by atoms with Gasteiger partial charge in [-0.15, -0.1) is 0 Å². The molecule has 2 fully saturated rings. The largest absolute Gasteiger partial charge is 0.437 e. The van der Waals surface area contributed by atoms with E-state index in [2.05, 4.69) is 24.9 Å². The molecule has 0 spiro atoms. The summed E-state index contributed by atoms with van der Waals surface area (Å²) < 4.78 is 42.7. The second-order valence-electron chi connectivity index (χ2n) is 10.2. The highest BCUT2D eigenvalue weighted by Gasteiger charge is 2.40. The molecule has 200 valence electrons. The summed E-state index contributed by atoms with van der Waals surface area (Å²) in [7, 11) is 0. The van der Waals surface area contributed by atoms with E-state index in [1.165, 1.54) is 10.9 Å². The van der Waals surface area contributed by atoms with Gasteiger partial charge < -0.3 is 14.9 Å². The molecule has 3 aromatic rings. The van der Waals surface area contributed by atoms with Crippen molar-refractivity contribution in [2.24, 2.45) is 11.8 Å². The van der Waals surface area contributed by atoms with Crippen LogP contribution in [0.2, 0.25) is 10.0 Å². The Kier molecular flexibility index (Phi) is 7.30. The number of anilines is 1. The maximum Gasteiger partial charge on any atom is 0.437 e. The molecule has 4 heterocycles. The minimum absolute atomic E-state index is 0.0626. The zero-order valence-corrected chi connectivity index (χ0v) is 22.1. The van der Waals surface area contributed by atoms with Crippen LogP contribution in [0.25, 0.3) is 11.2 Å². The Hall–Kier alpha value is -2.14. The molecule has 3 atom stereocenters. The van der Waals surface area contributed by atoms with E-state index >= 15 is 0 Å². The Balaban J connectivity index is 1.40. The van der Waals surface area contributed by atoms with Crippen LogP contribution in [-0.2, 0) is 6.18 Å². The van der Waals surface area contributed by atoms with Crippen LogP contribution in [0.4, 0.5) is 19.0 Å². The molecule has 2 aromatic heterocycles. The highest BCUT2D eigenvalue weighted by Crippen LogP contribution is 2.38. The van der Waals surface area contributed by atoms with E-state index in [0.29, 0.717) is 39.8 Å². The standard InChI is InChI=1S/C25H29Cl2F3N6O/c1-14(37)10-34-7-3-4-16(11-34)17-12-35(13-17)21-9-31-22-23(25(28,29)30)33-36(24(22)32-21)15(2)19-6-5-18(26)8-20(19)27/h5-6,8-9,14-17,37H,3-4,7,10-13H2,1-2H3/t14-,15-,16+/m1/s1. The van der Waals surface area contributed by atoms with Crippen molar-refractivity contribution in [3.05, 3.63) is 45.7 Å². The van der Waals surface area contributed by atoms with Gasteiger partial charge in [0.15, 0.2) is 11.3 Å². The zero-order chi connectivity index (χ0) is 26.5. The van der Waals surface area contributed by atoms with E-state index in [-0.39, 0.29) is 17.3 Å². The van der Waals surface area contributed by atoms with Crippen LogP contribution in [0.15, 0.2) is 24.4 Å². The van der Waals surface area contributed by atoms with Gasteiger partial charge in [0.1, 0.15) is 11.3 Å². The number of aromatic nitrogens is 4. The summed E-state index contributed by atoms with van der Waals surface area (Å²) in [6.45, 7) is 7.70. The maximum absolute atomic E-state index is 13.8. The molecule has 0 saturated carbocycles. The van der Waals surface area contributed by atoms with Gasteiger partial charge >= 0.3 is 6.18 Å². The van der Waals surface area contributed by atoms with Gasteiger partial charge in [-0.3, -0.25) is 0 Å². The van der Waals surface area contributed by atoms with E-state index in [1.54, 1.807) is 32.0 Å². The summed E-state index contributed by atoms with van der Waals surface area (Å²) in [5.74, 6) is 1.52. The fourth-order valence-electron chi connectivity index (χ4n) is 5.50. The number of rotatable bonds is 6. The number of nitrogens with zero attached hydrogens (tertiary/aromatic N) is 6. The fraction of sp³-hybridized carbons (Fsp3) is 0.560. The van der Waals surface area contributed by atoms with Crippen molar-refractivity contribution in [3.63, 3.8) is 0 Å². The Morgan fingerprint density at radius 2 is 1.89 bits per heavy atom. The number of piperidine rings is 1. The third-order valence-electron chi connectivity index (χ3n) is 7.40. The van der Waals surface area contributed by atoms with E-state index in [9.17, 15) is 18.3 Å². The number of halogens is 5. The molecule has 0 amide bonds. The summed E-state index contributed by atoms with van der Waals surface area (Å²) in [5, 5.41) is 14.4. The van der Waals surface area contributed by atoms with Gasteiger partial charge in [0.05, 0.1) is 18.3 Å². The molecule has 2 aliphatic heterocycles. The Bertz CT molecular complexity index is 1280. The number of aliphatic hydroxyl groups excluding tert-OH is 1. The van der Waals surface area contributed by atoms with Crippen LogP contribution in [0, 0.1) is 11.8 Å². The van der Waals surface area contributed by atoms with Crippen LogP contribution in [0.1, 0.15) is 44.0 Å². The molecule has 0 radical (unpaired) electrons. The van der Waals surface area contributed by atoms with Gasteiger partial charge in [-0.1, -0.05) is 29.3 Å². The minimum Gasteiger partial charge on any atom is -0.392 e. The van der Waals surface area contributed by atoms with Gasteiger partial charge in [-0.2, -0.15) is 18.3 Å². The number of hydrogen-bond donors (Lipinski definition) is 1. The summed E-state index contributed by atoms with van der Waals surface area (Å²) in [6.07, 6.45) is -1.38. The van der Waals surface area contributed by atoms with Crippen LogP contribution >= 0.6 is 23.2 Å². The van der Waals surface area contributed by atoms with Crippen molar-refractivity contribution in [1.82, 2.24) is 24.6 Å². The molecular weight excluding hydrogens is 528 g/mol. The van der Waals surface area contributed by atoms with E-state index in [1.807, 2.05) is 0 Å². The predicted molar refractivity (Wildman–Crippen MR) is 137 cm³/mol. The lowest BCUT2D eigenvalue weighted by molar-refractivity contribution is -0.140. The first-order valence-corrected chi connectivity index (χ1v) is 13.2. The number of benzene rings is 1. The van der Waals surface area contributed by atoms with Crippen molar-refractivity contribution in [3.8, 4) is 0 Å². The normalized spacial score (nSPS) is 21.3. The summed E-state index contributed by atoms with van der Waals surface area (Å²) in [4.78, 5) is 13.1. The number of likely N-dealkylation sites (tertiary alicyclic amines) is 1. The number of alkyl halides is 3. The average Bonchev–Trinajstić information content (AvgIpc) is 3.17. The molecule has 0 bridgehead atoms. The fourth-order valence-corrected chi connectivity index (χ4v) is 6.06. The van der Waals surface area contributed by atoms with Crippen LogP contribution in [0.3, 0.4) is 0 Å². The summed E-state index contributed by atoms with van der Waals surface area (Å²) in [6, 6.07) is 4.24. The number of fused-ring (bicyclic) bond motifs is 1. The molecule has 37 heavy (non-hydrogen) atoms. The highest BCUT2D eigenvalue weighted by molar-refractivity contribution is 6.35. The van der Waals surface area contributed by atoms with Crippen LogP contribution < -0.4 is 4.90 Å². The van der Waals surface area contributed by atoms with Gasteiger partial charge in [-0.25, -0.2) is 14.6 Å². The van der Waals surface area contributed by atoms with Gasteiger partial charge in [-0.05, 0) is 62.8 Å². The van der Waals surface area contributed by atoms with E-state index in [0.717, 1.165) is 39.0 Å². The molecule has 0 aliphatic carbocycles. The predicted octanol–water partition coefficient (Wildman–Crippen LogP) is 5.29. The Morgan fingerprint density at radius 3 is 2.57 bits per heavy atom. The minimum atomic E-state index is -4.68. The quantitative estimate of drug-likeness (QED) is 0.444. The molecule has 1 N–H and O–H groups in total. The molecule has 2 saturated heterocycles. The summed E-state index contributed by atoms with van der Waals surface area (Å²) in [5.41, 5.74) is -0.710. The molecule has 2 aliphatic rings. The number of hydrogen-bond acceptors (Lipinski definition) is 6. The second-order valence-corrected chi connectivity index (χ2v) is 11.1. The molecule has 5 rings (SSSR count). The maximum atomic E-state index is 13.8. The third-order valence-corrected chi connectivity index (χ3v) is 7.97. The second kappa shape index (κ2) is 10.2. The monoisotopic (exact) mass is 556 g/mol. The van der Waals surface area contributed by atoms with Crippen LogP contribution in [0.5, 0.6) is 0 Å². The van der Waals surface area contributed by atoms with Gasteiger partial charge in [0.25, 0.3) is 0 Å². The third kappa shape index (κ3) is 5.39. The molecule has 0 unspecified atom stereocenters. The van der Waals surface area contributed by atoms with E-state index < -0.39 is 17.9 Å². The Labute approximate surface area is 223 Å². The smallest absolute Gasteiger partial charge is 0.392 e. The number of aliphatic hydroxyl groups is 1. The van der Waals surface area contributed by atoms with Crippen molar-refractivity contribution < 1.29 is 18.3 Å². The van der Waals surface area contributed by atoms with Crippen molar-refractivity contribution in [2.75, 3.05) is 37.6 Å². The molecule has 7 nitrogen and oxygen atoms in total. The van der Waals surface area contributed by atoms with E-state index in [4.69, 9.17) is 23.2 Å². The average molecular weight is 557 g/mol. The van der Waals surface area contributed by atoms with Gasteiger partial charge in [0, 0.05) is 36.2 Å². The van der Waals surface area contributed by atoms with Crippen molar-refractivity contribution >= 4 is 40.2 Å². The summed E-state index contributed by atoms with van der Waals surface area (Å²) >= 11 is 12.4. The molecule has 1 aromatic carbocycles. The number of β-amino-alcohol motifs (C(OH)–C–C–N with tert-alkyl or cyclic N) is 1. The first kappa shape index (κ1) is 26.5. The van der Waals surface area contributed by atoms with Crippen molar-refractivity contribution in [2.45, 2.75) is 45.0 Å².